The molecular formula is C31H39N3O5S. The summed E-state index contributed by atoms with van der Waals surface area (Å²) < 4.78 is 34.9. The van der Waals surface area contributed by atoms with Gasteiger partial charge in [-0.1, -0.05) is 74.0 Å². The Labute approximate surface area is 238 Å². The van der Waals surface area contributed by atoms with Crippen LogP contribution in [0, 0.1) is 12.8 Å². The third kappa shape index (κ3) is 7.85. The van der Waals surface area contributed by atoms with Crippen LogP contribution in [-0.4, -0.2) is 50.9 Å². The molecule has 0 aliphatic rings. The molecular weight excluding hydrogens is 526 g/mol. The first kappa shape index (κ1) is 30.7. The first-order chi connectivity index (χ1) is 19.0. The number of nitrogens with zero attached hydrogens (tertiary/aromatic N) is 2. The van der Waals surface area contributed by atoms with Crippen molar-refractivity contribution in [3.05, 3.63) is 90.0 Å². The Morgan fingerprint density at radius 2 is 1.52 bits per heavy atom. The van der Waals surface area contributed by atoms with Crippen LogP contribution >= 0.6 is 0 Å². The van der Waals surface area contributed by atoms with Crippen LogP contribution in [0.2, 0.25) is 0 Å². The lowest BCUT2D eigenvalue weighted by Gasteiger charge is -2.32. The number of anilines is 1. The smallest absolute Gasteiger partial charge is 0.264 e. The number of nitrogens with one attached hydrogen (secondary N) is 1. The largest absolute Gasteiger partial charge is 0.492 e. The van der Waals surface area contributed by atoms with Crippen LogP contribution in [-0.2, 0) is 26.2 Å². The van der Waals surface area contributed by atoms with Crippen molar-refractivity contribution in [2.24, 2.45) is 5.92 Å². The summed E-state index contributed by atoms with van der Waals surface area (Å²) >= 11 is 0. The fourth-order valence-corrected chi connectivity index (χ4v) is 5.53. The number of sulfonamides is 1. The Hall–Kier alpha value is -3.85. The van der Waals surface area contributed by atoms with E-state index in [-0.39, 0.29) is 29.0 Å². The summed E-state index contributed by atoms with van der Waals surface area (Å²) in [7, 11) is -4.18. The van der Waals surface area contributed by atoms with E-state index < -0.39 is 28.5 Å². The molecule has 1 atom stereocenters. The van der Waals surface area contributed by atoms with Crippen LogP contribution in [0.3, 0.4) is 0 Å². The van der Waals surface area contributed by atoms with Crippen molar-refractivity contribution in [3.8, 4) is 5.75 Å². The zero-order chi connectivity index (χ0) is 29.3. The third-order valence-electron chi connectivity index (χ3n) is 6.37. The number of benzene rings is 3. The maximum atomic E-state index is 14.0. The van der Waals surface area contributed by atoms with Crippen LogP contribution in [0.1, 0.15) is 38.8 Å². The van der Waals surface area contributed by atoms with Gasteiger partial charge < -0.3 is 15.0 Å². The second-order valence-electron chi connectivity index (χ2n) is 10.0. The number of hydrogen-bond acceptors (Lipinski definition) is 5. The van der Waals surface area contributed by atoms with Crippen LogP contribution in [0.5, 0.6) is 5.75 Å². The number of aryl methyl sites for hydroxylation is 1. The fourth-order valence-electron chi connectivity index (χ4n) is 4.11. The molecule has 0 unspecified atom stereocenters. The van der Waals surface area contributed by atoms with Gasteiger partial charge in [0.25, 0.3) is 10.0 Å². The third-order valence-corrected chi connectivity index (χ3v) is 8.14. The average Bonchev–Trinajstić information content (AvgIpc) is 2.94. The molecule has 3 rings (SSSR count). The van der Waals surface area contributed by atoms with Crippen LogP contribution in [0.4, 0.5) is 5.69 Å². The standard InChI is InChI=1S/C31H39N3O5S/c1-6-39-29-15-11-10-14-28(29)34(40(37,38)27-18-16-24(4)17-19-27)22-30(35)33(21-26-12-8-7-9-13-26)25(5)31(36)32-20-23(2)3/h7-19,23,25H,6,20-22H2,1-5H3,(H,32,36)/t25-/m0/s1. The molecule has 0 bridgehead atoms. The minimum atomic E-state index is -4.18. The number of carbonyl (C=O) groups excluding carboxylic acids is 2. The molecule has 0 heterocycles. The molecule has 3 aromatic carbocycles. The van der Waals surface area contributed by atoms with E-state index in [0.717, 1.165) is 15.4 Å². The van der Waals surface area contributed by atoms with Gasteiger partial charge in [0.2, 0.25) is 11.8 Å². The fraction of sp³-hybridized carbons (Fsp3) is 0.355. The van der Waals surface area contributed by atoms with Crippen LogP contribution < -0.4 is 14.4 Å². The molecule has 0 saturated carbocycles. The van der Waals surface area contributed by atoms with Crippen molar-refractivity contribution < 1.29 is 22.7 Å². The molecule has 0 fully saturated rings. The van der Waals surface area contributed by atoms with Crippen molar-refractivity contribution in [1.29, 1.82) is 0 Å². The van der Waals surface area contributed by atoms with Gasteiger partial charge in [0.1, 0.15) is 18.3 Å². The minimum absolute atomic E-state index is 0.0505. The Bertz CT molecular complexity index is 1380. The summed E-state index contributed by atoms with van der Waals surface area (Å²) in [5.74, 6) is -0.246. The zero-order valence-electron chi connectivity index (χ0n) is 23.8. The molecule has 3 aromatic rings. The quantitative estimate of drug-likeness (QED) is 0.322. The molecule has 0 saturated heterocycles. The van der Waals surface area contributed by atoms with Gasteiger partial charge in [0, 0.05) is 13.1 Å². The Kier molecular flexibility index (Phi) is 10.7. The van der Waals surface area contributed by atoms with Crippen LogP contribution in [0.25, 0.3) is 0 Å². The maximum Gasteiger partial charge on any atom is 0.264 e. The maximum absolute atomic E-state index is 14.0. The highest BCUT2D eigenvalue weighted by atomic mass is 32.2. The monoisotopic (exact) mass is 565 g/mol. The first-order valence-corrected chi connectivity index (χ1v) is 14.9. The van der Waals surface area contributed by atoms with E-state index in [9.17, 15) is 18.0 Å². The molecule has 0 aliphatic carbocycles. The second kappa shape index (κ2) is 14.0. The number of hydrogen-bond donors (Lipinski definition) is 1. The van der Waals surface area contributed by atoms with Crippen molar-refractivity contribution in [1.82, 2.24) is 10.2 Å². The Morgan fingerprint density at radius 1 is 0.900 bits per heavy atom. The summed E-state index contributed by atoms with van der Waals surface area (Å²) in [6.45, 7) is 9.71. The highest BCUT2D eigenvalue weighted by Gasteiger charge is 2.33. The second-order valence-corrected chi connectivity index (χ2v) is 11.9. The Balaban J connectivity index is 2.05. The van der Waals surface area contributed by atoms with Crippen molar-refractivity contribution in [2.75, 3.05) is 24.0 Å². The molecule has 214 valence electrons. The molecule has 0 aliphatic heterocycles. The molecule has 2 amide bonds. The van der Waals surface area contributed by atoms with E-state index >= 15 is 0 Å². The van der Waals surface area contributed by atoms with Gasteiger partial charge >= 0.3 is 0 Å². The van der Waals surface area contributed by atoms with Gasteiger partial charge in [-0.25, -0.2) is 8.42 Å². The van der Waals surface area contributed by atoms with Gasteiger partial charge in [-0.15, -0.1) is 0 Å². The molecule has 9 heteroatoms. The number of ether oxygens (including phenoxy) is 1. The molecule has 0 aromatic heterocycles. The van der Waals surface area contributed by atoms with E-state index in [1.165, 1.54) is 17.0 Å². The molecule has 8 nitrogen and oxygen atoms in total. The summed E-state index contributed by atoms with van der Waals surface area (Å²) in [6, 6.07) is 21.7. The minimum Gasteiger partial charge on any atom is -0.492 e. The summed E-state index contributed by atoms with van der Waals surface area (Å²) in [4.78, 5) is 28.6. The number of para-hydroxylation sites is 2. The van der Waals surface area contributed by atoms with Crippen molar-refractivity contribution in [3.63, 3.8) is 0 Å². The normalized spacial score (nSPS) is 12.1. The van der Waals surface area contributed by atoms with Gasteiger partial charge in [0.05, 0.1) is 17.2 Å². The summed E-state index contributed by atoms with van der Waals surface area (Å²) in [6.07, 6.45) is 0. The molecule has 0 spiro atoms. The number of amides is 2. The van der Waals surface area contributed by atoms with Crippen LogP contribution in [0.15, 0.2) is 83.8 Å². The number of rotatable bonds is 13. The van der Waals surface area contributed by atoms with E-state index in [0.29, 0.717) is 18.9 Å². The van der Waals surface area contributed by atoms with E-state index in [4.69, 9.17) is 4.74 Å². The summed E-state index contributed by atoms with van der Waals surface area (Å²) in [5.41, 5.74) is 1.98. The topological polar surface area (TPSA) is 96.0 Å². The first-order valence-electron chi connectivity index (χ1n) is 13.5. The van der Waals surface area contributed by atoms with E-state index in [1.54, 1.807) is 50.2 Å². The Morgan fingerprint density at radius 3 is 2.15 bits per heavy atom. The van der Waals surface area contributed by atoms with E-state index in [1.807, 2.05) is 51.1 Å². The van der Waals surface area contributed by atoms with E-state index in [2.05, 4.69) is 5.32 Å². The summed E-state index contributed by atoms with van der Waals surface area (Å²) in [5, 5.41) is 2.89. The predicted molar refractivity (Wildman–Crippen MR) is 158 cm³/mol. The predicted octanol–water partition coefficient (Wildman–Crippen LogP) is 4.78. The SMILES string of the molecule is CCOc1ccccc1N(CC(=O)N(Cc1ccccc1)[C@@H](C)C(=O)NCC(C)C)S(=O)(=O)c1ccc(C)cc1. The molecule has 1 N–H and O–H groups in total. The zero-order valence-corrected chi connectivity index (χ0v) is 24.6. The van der Waals surface area contributed by atoms with Gasteiger partial charge in [0.15, 0.2) is 0 Å². The van der Waals surface area contributed by atoms with Crippen molar-refractivity contribution in [2.45, 2.75) is 52.1 Å². The lowest BCUT2D eigenvalue weighted by atomic mass is 10.1. The molecule has 0 radical (unpaired) electrons. The van der Waals surface area contributed by atoms with Gasteiger partial charge in [-0.3, -0.25) is 13.9 Å². The lowest BCUT2D eigenvalue weighted by molar-refractivity contribution is -0.139. The van der Waals surface area contributed by atoms with Gasteiger partial charge in [-0.2, -0.15) is 0 Å². The highest BCUT2D eigenvalue weighted by Crippen LogP contribution is 2.33. The lowest BCUT2D eigenvalue weighted by Crippen LogP contribution is -2.51. The molecule has 40 heavy (non-hydrogen) atoms. The van der Waals surface area contributed by atoms with Gasteiger partial charge in [-0.05, 0) is 56.5 Å². The average molecular weight is 566 g/mol. The number of carbonyl (C=O) groups is 2. The van der Waals surface area contributed by atoms with Crippen molar-refractivity contribution >= 4 is 27.5 Å². The highest BCUT2D eigenvalue weighted by molar-refractivity contribution is 7.92.